The van der Waals surface area contributed by atoms with Crippen LogP contribution < -0.4 is 5.32 Å². The van der Waals surface area contributed by atoms with Crippen molar-refractivity contribution in [2.24, 2.45) is 0 Å². The molecule has 0 saturated carbocycles. The first-order chi connectivity index (χ1) is 7.30. The molecule has 1 aromatic rings. The molecule has 1 aliphatic rings. The number of rotatable bonds is 1. The van der Waals surface area contributed by atoms with Gasteiger partial charge in [0.1, 0.15) is 0 Å². The van der Waals surface area contributed by atoms with Crippen LogP contribution in [0.5, 0.6) is 0 Å². The van der Waals surface area contributed by atoms with Crippen LogP contribution in [0.15, 0.2) is 30.3 Å². The molecule has 1 heterocycles. The number of benzene rings is 1. The molecule has 1 aromatic carbocycles. The molecule has 1 aliphatic heterocycles. The average Bonchev–Trinajstić information content (AvgIpc) is 2.33. The molecule has 0 aromatic heterocycles. The lowest BCUT2D eigenvalue weighted by Crippen LogP contribution is -2.30. The maximum Gasteiger partial charge on any atom is 0.159 e. The number of ether oxygens (including phenoxy) is 1. The maximum atomic E-state index is 10.6. The van der Waals surface area contributed by atoms with Crippen LogP contribution in [-0.2, 0) is 4.74 Å². The SMILES string of the molecule is C1COCCN1.CC(=O)c1ccccc1. The molecular weight excluding hydrogens is 190 g/mol. The van der Waals surface area contributed by atoms with Gasteiger partial charge in [0.25, 0.3) is 0 Å². The van der Waals surface area contributed by atoms with Crippen LogP contribution in [0.25, 0.3) is 0 Å². The normalized spacial score (nSPS) is 15.0. The summed E-state index contributed by atoms with van der Waals surface area (Å²) >= 11 is 0. The van der Waals surface area contributed by atoms with Gasteiger partial charge in [-0.3, -0.25) is 4.79 Å². The standard InChI is InChI=1S/C8H8O.C4H9NO/c1-7(9)8-5-3-2-4-6-8;1-3-6-4-2-5-1/h2-6H,1H3;5H,1-4H2. The Kier molecular flexibility index (Phi) is 5.66. The zero-order valence-electron chi connectivity index (χ0n) is 9.03. The third-order valence-electron chi connectivity index (χ3n) is 2.03. The molecule has 15 heavy (non-hydrogen) atoms. The minimum atomic E-state index is 0.121. The van der Waals surface area contributed by atoms with Crippen molar-refractivity contribution in [2.75, 3.05) is 26.3 Å². The van der Waals surface area contributed by atoms with E-state index < -0.39 is 0 Å². The van der Waals surface area contributed by atoms with Crippen molar-refractivity contribution in [3.05, 3.63) is 35.9 Å². The zero-order valence-corrected chi connectivity index (χ0v) is 9.03. The maximum absolute atomic E-state index is 10.6. The molecule has 0 aliphatic carbocycles. The Morgan fingerprint density at radius 2 is 1.80 bits per heavy atom. The highest BCUT2D eigenvalue weighted by molar-refractivity contribution is 5.93. The van der Waals surface area contributed by atoms with Gasteiger partial charge in [-0.1, -0.05) is 30.3 Å². The van der Waals surface area contributed by atoms with Crippen molar-refractivity contribution in [3.8, 4) is 0 Å². The van der Waals surface area contributed by atoms with Crippen LogP contribution in [0.2, 0.25) is 0 Å². The third kappa shape index (κ3) is 5.30. The Bertz CT molecular complexity index is 269. The van der Waals surface area contributed by atoms with E-state index in [0.29, 0.717) is 0 Å². The van der Waals surface area contributed by atoms with E-state index in [1.807, 2.05) is 30.3 Å². The summed E-state index contributed by atoms with van der Waals surface area (Å²) in [7, 11) is 0. The highest BCUT2D eigenvalue weighted by atomic mass is 16.5. The monoisotopic (exact) mass is 207 g/mol. The summed E-state index contributed by atoms with van der Waals surface area (Å²) in [4.78, 5) is 10.6. The van der Waals surface area contributed by atoms with Gasteiger partial charge in [0.15, 0.2) is 5.78 Å². The smallest absolute Gasteiger partial charge is 0.159 e. The van der Waals surface area contributed by atoms with Crippen molar-refractivity contribution < 1.29 is 9.53 Å². The van der Waals surface area contributed by atoms with Gasteiger partial charge in [0.05, 0.1) is 13.2 Å². The first-order valence-corrected chi connectivity index (χ1v) is 5.15. The van der Waals surface area contributed by atoms with E-state index in [2.05, 4.69) is 5.32 Å². The topological polar surface area (TPSA) is 38.3 Å². The summed E-state index contributed by atoms with van der Waals surface area (Å²) in [6, 6.07) is 9.23. The predicted molar refractivity (Wildman–Crippen MR) is 60.1 cm³/mol. The summed E-state index contributed by atoms with van der Waals surface area (Å²) in [5.41, 5.74) is 0.775. The number of carbonyl (C=O) groups is 1. The van der Waals surface area contributed by atoms with Crippen LogP contribution in [-0.4, -0.2) is 32.1 Å². The first kappa shape index (κ1) is 11.9. The quantitative estimate of drug-likeness (QED) is 0.709. The lowest BCUT2D eigenvalue weighted by atomic mass is 10.2. The van der Waals surface area contributed by atoms with Gasteiger partial charge in [-0.25, -0.2) is 0 Å². The number of carbonyl (C=O) groups excluding carboxylic acids is 1. The predicted octanol–water partition coefficient (Wildman–Crippen LogP) is 1.50. The minimum absolute atomic E-state index is 0.121. The molecule has 0 spiro atoms. The van der Waals surface area contributed by atoms with Crippen molar-refractivity contribution in [1.82, 2.24) is 5.32 Å². The number of hydrogen-bond donors (Lipinski definition) is 1. The fraction of sp³-hybridized carbons (Fsp3) is 0.417. The van der Waals surface area contributed by atoms with Gasteiger partial charge < -0.3 is 10.1 Å². The van der Waals surface area contributed by atoms with Crippen molar-refractivity contribution in [2.45, 2.75) is 6.92 Å². The molecule has 1 N–H and O–H groups in total. The van der Waals surface area contributed by atoms with E-state index in [-0.39, 0.29) is 5.78 Å². The zero-order chi connectivity index (χ0) is 10.9. The molecule has 3 nitrogen and oxygen atoms in total. The summed E-state index contributed by atoms with van der Waals surface area (Å²) in [5.74, 6) is 0.121. The second kappa shape index (κ2) is 7.15. The summed E-state index contributed by atoms with van der Waals surface area (Å²) in [6.45, 7) is 5.40. The Morgan fingerprint density at radius 3 is 2.07 bits per heavy atom. The van der Waals surface area contributed by atoms with Gasteiger partial charge in [0, 0.05) is 18.7 Å². The Hall–Kier alpha value is -1.19. The fourth-order valence-electron chi connectivity index (χ4n) is 1.19. The Morgan fingerprint density at radius 1 is 1.20 bits per heavy atom. The third-order valence-corrected chi connectivity index (χ3v) is 2.03. The van der Waals surface area contributed by atoms with Gasteiger partial charge >= 0.3 is 0 Å². The number of Topliss-reactive ketones (excluding diaryl/α,β-unsaturated/α-hetero) is 1. The lowest BCUT2D eigenvalue weighted by Gasteiger charge is -2.10. The van der Waals surface area contributed by atoms with E-state index >= 15 is 0 Å². The van der Waals surface area contributed by atoms with Crippen LogP contribution >= 0.6 is 0 Å². The molecule has 0 unspecified atom stereocenters. The van der Waals surface area contributed by atoms with Crippen molar-refractivity contribution in [3.63, 3.8) is 0 Å². The molecule has 82 valence electrons. The number of hydrogen-bond acceptors (Lipinski definition) is 3. The van der Waals surface area contributed by atoms with Crippen LogP contribution in [0, 0.1) is 0 Å². The largest absolute Gasteiger partial charge is 0.379 e. The van der Waals surface area contributed by atoms with Crippen LogP contribution in [0.4, 0.5) is 0 Å². The summed E-state index contributed by atoms with van der Waals surface area (Å²) in [5, 5.41) is 3.16. The molecule has 0 radical (unpaired) electrons. The van der Waals surface area contributed by atoms with Gasteiger partial charge in [-0.05, 0) is 6.92 Å². The minimum Gasteiger partial charge on any atom is -0.379 e. The Labute approximate surface area is 90.4 Å². The number of morpholine rings is 1. The lowest BCUT2D eigenvalue weighted by molar-refractivity contribution is 0.101. The highest BCUT2D eigenvalue weighted by Crippen LogP contribution is 1.97. The highest BCUT2D eigenvalue weighted by Gasteiger charge is 1.93. The van der Waals surface area contributed by atoms with Crippen LogP contribution in [0.1, 0.15) is 17.3 Å². The molecule has 1 fully saturated rings. The molecule has 0 amide bonds. The number of nitrogens with one attached hydrogen (secondary N) is 1. The number of ketones is 1. The Balaban J connectivity index is 0.000000162. The van der Waals surface area contributed by atoms with E-state index in [1.54, 1.807) is 6.92 Å². The van der Waals surface area contributed by atoms with E-state index in [4.69, 9.17) is 4.74 Å². The van der Waals surface area contributed by atoms with E-state index in [0.717, 1.165) is 31.9 Å². The van der Waals surface area contributed by atoms with Crippen molar-refractivity contribution in [1.29, 1.82) is 0 Å². The molecular formula is C12H17NO2. The molecule has 0 atom stereocenters. The summed E-state index contributed by atoms with van der Waals surface area (Å²) in [6.07, 6.45) is 0. The van der Waals surface area contributed by atoms with Gasteiger partial charge in [-0.15, -0.1) is 0 Å². The molecule has 1 saturated heterocycles. The van der Waals surface area contributed by atoms with Crippen LogP contribution in [0.3, 0.4) is 0 Å². The van der Waals surface area contributed by atoms with Gasteiger partial charge in [-0.2, -0.15) is 0 Å². The second-order valence-corrected chi connectivity index (χ2v) is 3.28. The molecule has 0 bridgehead atoms. The van der Waals surface area contributed by atoms with E-state index in [9.17, 15) is 4.79 Å². The average molecular weight is 207 g/mol. The fourth-order valence-corrected chi connectivity index (χ4v) is 1.19. The summed E-state index contributed by atoms with van der Waals surface area (Å²) < 4.78 is 5.01. The second-order valence-electron chi connectivity index (χ2n) is 3.28. The van der Waals surface area contributed by atoms with Gasteiger partial charge in [0.2, 0.25) is 0 Å². The molecule has 2 rings (SSSR count). The van der Waals surface area contributed by atoms with E-state index in [1.165, 1.54) is 0 Å². The first-order valence-electron chi connectivity index (χ1n) is 5.15. The molecule has 3 heteroatoms. The van der Waals surface area contributed by atoms with Crippen molar-refractivity contribution >= 4 is 5.78 Å².